The second-order valence-electron chi connectivity index (χ2n) is 4.34. The van der Waals surface area contributed by atoms with Gasteiger partial charge in [0.05, 0.1) is 0 Å². The molecule has 0 bridgehead atoms. The van der Waals surface area contributed by atoms with Crippen molar-refractivity contribution in [3.63, 3.8) is 0 Å². The summed E-state index contributed by atoms with van der Waals surface area (Å²) < 4.78 is 0. The van der Waals surface area contributed by atoms with Crippen LogP contribution in [0.2, 0.25) is 0 Å². The van der Waals surface area contributed by atoms with E-state index in [4.69, 9.17) is 5.73 Å². The molecule has 3 N–H and O–H groups in total. The Labute approximate surface area is 113 Å². The standard InChI is InChI=1S/C14H19N5/c1-3-8-16-13-9-14(18-10-17-13)19(2)12-6-4-11(15)5-7-12/h4-7,9-10H,3,8,15H2,1-2H3,(H,16,17,18). The van der Waals surface area contributed by atoms with Gasteiger partial charge in [-0.1, -0.05) is 6.92 Å². The summed E-state index contributed by atoms with van der Waals surface area (Å²) in [6, 6.07) is 9.63. The Hall–Kier alpha value is -2.30. The van der Waals surface area contributed by atoms with Crippen LogP contribution in [-0.4, -0.2) is 23.6 Å². The molecule has 0 unspecified atom stereocenters. The lowest BCUT2D eigenvalue weighted by Gasteiger charge is -2.18. The highest BCUT2D eigenvalue weighted by molar-refractivity contribution is 5.63. The first kappa shape index (κ1) is 13.1. The van der Waals surface area contributed by atoms with Crippen molar-refractivity contribution >= 4 is 23.0 Å². The van der Waals surface area contributed by atoms with Crippen LogP contribution in [0.1, 0.15) is 13.3 Å². The first-order chi connectivity index (χ1) is 9.20. The van der Waals surface area contributed by atoms with Gasteiger partial charge in [0.15, 0.2) is 0 Å². The lowest BCUT2D eigenvalue weighted by atomic mass is 10.2. The molecule has 1 heterocycles. The highest BCUT2D eigenvalue weighted by Gasteiger charge is 2.06. The summed E-state index contributed by atoms with van der Waals surface area (Å²) in [7, 11) is 1.97. The fraction of sp³-hybridized carbons (Fsp3) is 0.286. The predicted molar refractivity (Wildman–Crippen MR) is 79.7 cm³/mol. The summed E-state index contributed by atoms with van der Waals surface area (Å²) in [5, 5.41) is 3.25. The van der Waals surface area contributed by atoms with Gasteiger partial charge in [0, 0.05) is 31.0 Å². The molecule has 1 aromatic carbocycles. The molecule has 0 aliphatic carbocycles. The quantitative estimate of drug-likeness (QED) is 0.806. The summed E-state index contributed by atoms with van der Waals surface area (Å²) in [6.07, 6.45) is 2.63. The van der Waals surface area contributed by atoms with Gasteiger partial charge in [0.1, 0.15) is 18.0 Å². The molecule has 100 valence electrons. The van der Waals surface area contributed by atoms with E-state index in [1.165, 1.54) is 0 Å². The molecule has 0 spiro atoms. The number of hydrogen-bond acceptors (Lipinski definition) is 5. The molecule has 0 saturated carbocycles. The molecule has 5 heteroatoms. The zero-order chi connectivity index (χ0) is 13.7. The molecule has 0 radical (unpaired) electrons. The predicted octanol–water partition coefficient (Wildman–Crippen LogP) is 2.65. The number of nitrogen functional groups attached to an aromatic ring is 1. The van der Waals surface area contributed by atoms with Crippen LogP contribution < -0.4 is 16.0 Å². The van der Waals surface area contributed by atoms with Crippen LogP contribution in [0.25, 0.3) is 0 Å². The minimum atomic E-state index is 0.755. The number of rotatable bonds is 5. The van der Waals surface area contributed by atoms with Crippen LogP contribution in [0.15, 0.2) is 36.7 Å². The first-order valence-electron chi connectivity index (χ1n) is 6.36. The molecule has 2 aromatic rings. The van der Waals surface area contributed by atoms with Gasteiger partial charge in [0.25, 0.3) is 0 Å². The Morgan fingerprint density at radius 1 is 1.21 bits per heavy atom. The number of nitrogens with two attached hydrogens (primary N) is 1. The first-order valence-corrected chi connectivity index (χ1v) is 6.36. The largest absolute Gasteiger partial charge is 0.399 e. The van der Waals surface area contributed by atoms with Crippen molar-refractivity contribution in [2.75, 3.05) is 29.5 Å². The molecule has 5 nitrogen and oxygen atoms in total. The summed E-state index contributed by atoms with van der Waals surface area (Å²) in [5.41, 5.74) is 7.48. The fourth-order valence-electron chi connectivity index (χ4n) is 1.71. The summed E-state index contributed by atoms with van der Waals surface area (Å²) in [4.78, 5) is 10.5. The van der Waals surface area contributed by atoms with Crippen LogP contribution in [0.5, 0.6) is 0 Å². The molecular weight excluding hydrogens is 238 g/mol. The minimum absolute atomic E-state index is 0.755. The lowest BCUT2D eigenvalue weighted by Crippen LogP contribution is -2.12. The van der Waals surface area contributed by atoms with Crippen molar-refractivity contribution in [3.8, 4) is 0 Å². The monoisotopic (exact) mass is 257 g/mol. The van der Waals surface area contributed by atoms with Crippen molar-refractivity contribution in [3.05, 3.63) is 36.7 Å². The van der Waals surface area contributed by atoms with E-state index in [2.05, 4.69) is 22.2 Å². The molecular formula is C14H19N5. The topological polar surface area (TPSA) is 67.1 Å². The van der Waals surface area contributed by atoms with Crippen LogP contribution in [0.4, 0.5) is 23.0 Å². The fourth-order valence-corrected chi connectivity index (χ4v) is 1.71. The van der Waals surface area contributed by atoms with Crippen molar-refractivity contribution < 1.29 is 0 Å². The third kappa shape index (κ3) is 3.34. The third-order valence-corrected chi connectivity index (χ3v) is 2.83. The molecule has 0 fully saturated rings. The van der Waals surface area contributed by atoms with Gasteiger partial charge in [0.2, 0.25) is 0 Å². The highest BCUT2D eigenvalue weighted by Crippen LogP contribution is 2.23. The molecule has 0 amide bonds. The van der Waals surface area contributed by atoms with Crippen molar-refractivity contribution in [2.24, 2.45) is 0 Å². The van der Waals surface area contributed by atoms with E-state index < -0.39 is 0 Å². The second kappa shape index (κ2) is 6.04. The van der Waals surface area contributed by atoms with E-state index in [-0.39, 0.29) is 0 Å². The minimum Gasteiger partial charge on any atom is -0.399 e. The zero-order valence-electron chi connectivity index (χ0n) is 11.3. The van der Waals surface area contributed by atoms with E-state index in [1.54, 1.807) is 6.33 Å². The highest BCUT2D eigenvalue weighted by atomic mass is 15.2. The maximum absolute atomic E-state index is 5.69. The van der Waals surface area contributed by atoms with E-state index in [0.717, 1.165) is 36.0 Å². The number of benzene rings is 1. The van der Waals surface area contributed by atoms with E-state index in [0.29, 0.717) is 0 Å². The SMILES string of the molecule is CCCNc1cc(N(C)c2ccc(N)cc2)ncn1. The van der Waals surface area contributed by atoms with E-state index >= 15 is 0 Å². The van der Waals surface area contributed by atoms with Gasteiger partial charge < -0.3 is 16.0 Å². The van der Waals surface area contributed by atoms with Crippen LogP contribution in [0, 0.1) is 0 Å². The molecule has 0 aliphatic heterocycles. The van der Waals surface area contributed by atoms with Gasteiger partial charge in [-0.2, -0.15) is 0 Å². The summed E-state index contributed by atoms with van der Waals surface area (Å²) in [6.45, 7) is 3.03. The smallest absolute Gasteiger partial charge is 0.138 e. The average molecular weight is 257 g/mol. The number of anilines is 4. The maximum Gasteiger partial charge on any atom is 0.138 e. The van der Waals surface area contributed by atoms with Crippen molar-refractivity contribution in [2.45, 2.75) is 13.3 Å². The molecule has 0 aliphatic rings. The van der Waals surface area contributed by atoms with Gasteiger partial charge in [-0.25, -0.2) is 9.97 Å². The van der Waals surface area contributed by atoms with Crippen LogP contribution in [-0.2, 0) is 0 Å². The lowest BCUT2D eigenvalue weighted by molar-refractivity contribution is 0.962. The maximum atomic E-state index is 5.69. The number of aromatic nitrogens is 2. The van der Waals surface area contributed by atoms with Gasteiger partial charge >= 0.3 is 0 Å². The van der Waals surface area contributed by atoms with Crippen LogP contribution >= 0.6 is 0 Å². The zero-order valence-corrected chi connectivity index (χ0v) is 11.3. The molecule has 1 aromatic heterocycles. The molecule has 0 atom stereocenters. The average Bonchev–Trinajstić information content (AvgIpc) is 2.45. The summed E-state index contributed by atoms with van der Waals surface area (Å²) in [5.74, 6) is 1.69. The Bertz CT molecular complexity index is 524. The molecule has 19 heavy (non-hydrogen) atoms. The number of nitrogens with zero attached hydrogens (tertiary/aromatic N) is 3. The number of nitrogens with one attached hydrogen (secondary N) is 1. The van der Waals surface area contributed by atoms with Crippen molar-refractivity contribution in [1.29, 1.82) is 0 Å². The number of hydrogen-bond donors (Lipinski definition) is 2. The Morgan fingerprint density at radius 2 is 1.95 bits per heavy atom. The molecule has 2 rings (SSSR count). The Morgan fingerprint density at radius 3 is 2.63 bits per heavy atom. The Balaban J connectivity index is 2.18. The van der Waals surface area contributed by atoms with Gasteiger partial charge in [-0.15, -0.1) is 0 Å². The van der Waals surface area contributed by atoms with Crippen LogP contribution in [0.3, 0.4) is 0 Å². The Kier molecular flexibility index (Phi) is 4.18. The third-order valence-electron chi connectivity index (χ3n) is 2.83. The van der Waals surface area contributed by atoms with Crippen molar-refractivity contribution in [1.82, 2.24) is 9.97 Å². The van der Waals surface area contributed by atoms with Gasteiger partial charge in [-0.05, 0) is 30.7 Å². The van der Waals surface area contributed by atoms with Gasteiger partial charge in [-0.3, -0.25) is 0 Å². The molecule has 0 saturated heterocycles. The second-order valence-corrected chi connectivity index (χ2v) is 4.34. The van der Waals surface area contributed by atoms with E-state index in [9.17, 15) is 0 Å². The summed E-state index contributed by atoms with van der Waals surface area (Å²) >= 11 is 0. The normalized spacial score (nSPS) is 10.2. The van der Waals surface area contributed by atoms with E-state index in [1.807, 2.05) is 42.3 Å².